The third-order valence-electron chi connectivity index (χ3n) is 7.49. The van der Waals surface area contributed by atoms with E-state index in [2.05, 4.69) is 25.9 Å². The first-order chi connectivity index (χ1) is 17.9. The summed E-state index contributed by atoms with van der Waals surface area (Å²) in [7, 11) is -2.31. The maximum atomic E-state index is 13.4. The monoisotopic (exact) mass is 555 g/mol. The Bertz CT molecular complexity index is 1510. The topological polar surface area (TPSA) is 184 Å². The highest BCUT2D eigenvalue weighted by atomic mass is 32.2. The Balaban J connectivity index is 1.61. The molecule has 3 saturated carbocycles. The number of nitrogens with one attached hydrogen (secondary N) is 1. The molecule has 0 atom stereocenters. The highest BCUT2D eigenvalue weighted by molar-refractivity contribution is 8.26. The Kier molecular flexibility index (Phi) is 6.50. The number of hydrogen-bond acceptors (Lipinski definition) is 8. The van der Waals surface area contributed by atoms with Crippen molar-refractivity contribution < 1.29 is 18.9 Å². The van der Waals surface area contributed by atoms with Gasteiger partial charge in [-0.05, 0) is 64.0 Å². The van der Waals surface area contributed by atoms with Gasteiger partial charge in [0.05, 0.1) is 34.0 Å². The van der Waals surface area contributed by atoms with Crippen LogP contribution in [0.4, 0.5) is 5.69 Å². The van der Waals surface area contributed by atoms with Gasteiger partial charge in [-0.15, -0.1) is 0 Å². The van der Waals surface area contributed by atoms with E-state index in [1.54, 1.807) is 30.3 Å². The molecule has 0 unspecified atom stereocenters. The summed E-state index contributed by atoms with van der Waals surface area (Å²) in [4.78, 5) is 8.67. The maximum absolute atomic E-state index is 13.4. The summed E-state index contributed by atoms with van der Waals surface area (Å²) in [5.74, 6) is 0. The molecule has 2 aromatic rings. The minimum Gasteiger partial charge on any atom is -0.378 e. The Labute approximate surface area is 225 Å². The molecule has 13 heteroatoms. The van der Waals surface area contributed by atoms with Crippen molar-refractivity contribution >= 4 is 43.9 Å². The van der Waals surface area contributed by atoms with Crippen molar-refractivity contribution in [2.24, 2.45) is 15.7 Å². The minimum absolute atomic E-state index is 0.00142. The smallest absolute Gasteiger partial charge is 0.247 e. The second kappa shape index (κ2) is 9.30. The van der Waals surface area contributed by atoms with E-state index in [1.165, 1.54) is 12.1 Å². The fourth-order valence-corrected chi connectivity index (χ4v) is 6.64. The van der Waals surface area contributed by atoms with E-state index in [9.17, 15) is 18.8 Å². The van der Waals surface area contributed by atoms with Crippen LogP contribution in [-0.4, -0.2) is 57.9 Å². The van der Waals surface area contributed by atoms with Crippen LogP contribution in [0.25, 0.3) is 5.69 Å². The molecule has 0 radical (unpaired) electrons. The number of aliphatic hydroxyl groups is 1. The van der Waals surface area contributed by atoms with E-state index in [-0.39, 0.29) is 20.8 Å². The summed E-state index contributed by atoms with van der Waals surface area (Å²) in [6.07, 6.45) is 9.94. The molecule has 1 aromatic heterocycles. The van der Waals surface area contributed by atoms with Crippen molar-refractivity contribution in [3.8, 4) is 11.8 Å². The molecule has 6 N–H and O–H groups in total. The van der Waals surface area contributed by atoms with E-state index in [1.807, 2.05) is 6.92 Å². The normalized spacial score (nSPS) is 21.1. The first-order valence-electron chi connectivity index (χ1n) is 12.4. The highest BCUT2D eigenvalue weighted by Crippen LogP contribution is 2.47. The van der Waals surface area contributed by atoms with E-state index >= 15 is 0 Å². The van der Waals surface area contributed by atoms with Crippen molar-refractivity contribution in [3.05, 3.63) is 35.7 Å². The van der Waals surface area contributed by atoms with Gasteiger partial charge in [-0.3, -0.25) is 4.99 Å². The lowest BCUT2D eigenvalue weighted by Crippen LogP contribution is -2.57. The number of nitrogens with two attached hydrogens (primary N) is 2. The molecule has 1 aromatic carbocycles. The van der Waals surface area contributed by atoms with Gasteiger partial charge in [0.1, 0.15) is 0 Å². The van der Waals surface area contributed by atoms with Crippen LogP contribution < -0.4 is 15.9 Å². The molecule has 38 heavy (non-hydrogen) atoms. The van der Waals surface area contributed by atoms with Gasteiger partial charge < -0.3 is 10.8 Å². The number of nitrogens with zero attached hydrogens (tertiary/aromatic N) is 5. The predicted octanol–water partition coefficient (Wildman–Crippen LogP) is 1.06. The number of nitriles is 1. The molecule has 0 bridgehead atoms. The van der Waals surface area contributed by atoms with Gasteiger partial charge in [0.15, 0.2) is 10.8 Å². The van der Waals surface area contributed by atoms with Crippen molar-refractivity contribution in [2.75, 3.05) is 7.05 Å². The van der Waals surface area contributed by atoms with E-state index in [0.29, 0.717) is 24.1 Å². The first-order valence-corrected chi connectivity index (χ1v) is 14.7. The molecule has 3 fully saturated rings. The summed E-state index contributed by atoms with van der Waals surface area (Å²) in [6, 6.07) is 5.32. The number of hydrogen-bond donors (Lipinski definition) is 4. The van der Waals surface area contributed by atoms with Crippen LogP contribution in [0, 0.1) is 11.3 Å². The largest absolute Gasteiger partial charge is 0.378 e. The number of benzene rings is 1. The quantitative estimate of drug-likeness (QED) is 0.277. The lowest BCUT2D eigenvalue weighted by atomic mass is 9.81. The summed E-state index contributed by atoms with van der Waals surface area (Å²) in [5, 5.41) is 31.1. The molecule has 3 aliphatic carbocycles. The lowest BCUT2D eigenvalue weighted by Gasteiger charge is -2.32. The van der Waals surface area contributed by atoms with Crippen LogP contribution in [-0.2, 0) is 15.4 Å². The standard InChI is InChI=1S/C25H30N8O3S2/c1-23(6-7-23)32-38(35,36)17-10-19(31-22(28)37-21(27)25(34)4-3-5-25)18(13-29-2)20(11-17)33-14-16(12-30-33)24(15-26)8-9-24/h10-14,27,32,34H,3-9H2,1-2H3,(H2,28,31)/p+1. The van der Waals surface area contributed by atoms with Gasteiger partial charge in [-0.2, -0.15) is 10.4 Å². The molecule has 0 saturated heterocycles. The first kappa shape index (κ1) is 26.6. The SMILES string of the molecule is CN=Cc1c(N=C(N)SC(=[NH2+])C2(O)CCC2)cc(S(=O)(=O)NC2(C)CC2)cc1-n1cc(C2(C#N)CC2)cn1. The maximum Gasteiger partial charge on any atom is 0.247 e. The van der Waals surface area contributed by atoms with Crippen LogP contribution in [0.3, 0.4) is 0 Å². The van der Waals surface area contributed by atoms with Crippen molar-refractivity contribution in [1.82, 2.24) is 14.5 Å². The molecular formula is C25H31N8O3S2+. The summed E-state index contributed by atoms with van der Waals surface area (Å²) in [6.45, 7) is 1.86. The fourth-order valence-electron chi connectivity index (χ4n) is 4.37. The number of amidine groups is 1. The Morgan fingerprint density at radius 2 is 2.03 bits per heavy atom. The third-order valence-corrected chi connectivity index (χ3v) is 10.0. The molecule has 11 nitrogen and oxygen atoms in total. The molecule has 0 amide bonds. The summed E-state index contributed by atoms with van der Waals surface area (Å²) in [5.41, 5.74) is 6.05. The van der Waals surface area contributed by atoms with Gasteiger partial charge >= 0.3 is 0 Å². The second-order valence-corrected chi connectivity index (χ2v) is 13.3. The van der Waals surface area contributed by atoms with Gasteiger partial charge in [0, 0.05) is 47.9 Å². The predicted molar refractivity (Wildman–Crippen MR) is 146 cm³/mol. The number of rotatable bonds is 8. The van der Waals surface area contributed by atoms with E-state index < -0.39 is 26.6 Å². The fraction of sp³-hybridized carbons (Fsp3) is 0.480. The van der Waals surface area contributed by atoms with Crippen molar-refractivity contribution in [2.45, 2.75) is 73.3 Å². The molecular weight excluding hydrogens is 524 g/mol. The molecule has 0 aliphatic heterocycles. The average Bonchev–Trinajstić information content (AvgIpc) is 3.74. The molecule has 200 valence electrons. The van der Waals surface area contributed by atoms with Crippen LogP contribution in [0.15, 0.2) is 39.4 Å². The molecule has 5 rings (SSSR count). The number of sulfonamides is 1. The van der Waals surface area contributed by atoms with E-state index in [0.717, 1.165) is 49.4 Å². The molecule has 3 aliphatic rings. The zero-order chi connectivity index (χ0) is 27.3. The molecule has 1 heterocycles. The van der Waals surface area contributed by atoms with Crippen LogP contribution >= 0.6 is 11.8 Å². The minimum atomic E-state index is -3.91. The second-order valence-electron chi connectivity index (χ2n) is 10.6. The van der Waals surface area contributed by atoms with Gasteiger partial charge in [0.25, 0.3) is 0 Å². The van der Waals surface area contributed by atoms with Gasteiger partial charge in [-0.1, -0.05) is 0 Å². The van der Waals surface area contributed by atoms with Crippen LogP contribution in [0.5, 0.6) is 0 Å². The summed E-state index contributed by atoms with van der Waals surface area (Å²) >= 11 is 0.962. The zero-order valence-corrected chi connectivity index (χ0v) is 22.9. The van der Waals surface area contributed by atoms with Crippen LogP contribution in [0.1, 0.15) is 63.0 Å². The van der Waals surface area contributed by atoms with E-state index in [4.69, 9.17) is 11.1 Å². The Hall–Kier alpha value is -3.05. The van der Waals surface area contributed by atoms with Crippen molar-refractivity contribution in [1.29, 1.82) is 5.26 Å². The lowest BCUT2D eigenvalue weighted by molar-refractivity contribution is -0.135. The molecule has 0 spiro atoms. The third kappa shape index (κ3) is 5.01. The summed E-state index contributed by atoms with van der Waals surface area (Å²) < 4.78 is 31.1. The number of thioether (sulfide) groups is 1. The Morgan fingerprint density at radius 3 is 2.58 bits per heavy atom. The highest BCUT2D eigenvalue weighted by Gasteiger charge is 2.46. The average molecular weight is 556 g/mol. The number of aliphatic imine (C=N–C) groups is 2. The van der Waals surface area contributed by atoms with Crippen molar-refractivity contribution in [3.63, 3.8) is 0 Å². The van der Waals surface area contributed by atoms with Gasteiger partial charge in [-0.25, -0.2) is 28.2 Å². The van der Waals surface area contributed by atoms with Gasteiger partial charge in [0.2, 0.25) is 15.1 Å². The Morgan fingerprint density at radius 1 is 1.32 bits per heavy atom. The van der Waals surface area contributed by atoms with Crippen LogP contribution in [0.2, 0.25) is 0 Å². The zero-order valence-electron chi connectivity index (χ0n) is 21.3. The number of aromatic nitrogens is 2.